The summed E-state index contributed by atoms with van der Waals surface area (Å²) in [4.78, 5) is 12.6. The summed E-state index contributed by atoms with van der Waals surface area (Å²) in [5, 5.41) is 4.54. The van der Waals surface area contributed by atoms with Crippen molar-refractivity contribution in [2.75, 3.05) is 31.7 Å². The van der Waals surface area contributed by atoms with E-state index < -0.39 is 0 Å². The summed E-state index contributed by atoms with van der Waals surface area (Å²) in [5.74, 6) is 0.702. The van der Waals surface area contributed by atoms with E-state index in [0.717, 1.165) is 23.7 Å². The Hall–Kier alpha value is -1.90. The Morgan fingerprint density at radius 1 is 1.24 bits per heavy atom. The molecule has 0 fully saturated rings. The quantitative estimate of drug-likeness (QED) is 0.511. The normalized spacial score (nSPS) is 10.7. The predicted octanol–water partition coefficient (Wildman–Crippen LogP) is 0.923. The third-order valence-corrected chi connectivity index (χ3v) is 3.37. The number of anilines is 2. The van der Waals surface area contributed by atoms with Crippen molar-refractivity contribution in [1.29, 1.82) is 0 Å². The highest BCUT2D eigenvalue weighted by Gasteiger charge is 2.04. The van der Waals surface area contributed by atoms with Gasteiger partial charge in [0.15, 0.2) is 5.16 Å². The van der Waals surface area contributed by atoms with E-state index in [1.165, 1.54) is 17.8 Å². The van der Waals surface area contributed by atoms with Crippen molar-refractivity contribution in [3.05, 3.63) is 30.0 Å². The van der Waals surface area contributed by atoms with Crippen LogP contribution in [0.1, 0.15) is 5.56 Å². The minimum absolute atomic E-state index is 0.351. The summed E-state index contributed by atoms with van der Waals surface area (Å²) in [6.45, 7) is 2.25. The Labute approximate surface area is 127 Å². The van der Waals surface area contributed by atoms with Crippen LogP contribution in [0, 0.1) is 0 Å². The first-order chi connectivity index (χ1) is 10.2. The molecule has 8 heteroatoms. The SMILES string of the molecule is COCCNCc1ccc(Sc2nc(N)cc(N)n2)nc1. The molecule has 5 N–H and O–H groups in total. The van der Waals surface area contributed by atoms with Crippen LogP contribution in [0.2, 0.25) is 0 Å². The fourth-order valence-corrected chi connectivity index (χ4v) is 2.31. The van der Waals surface area contributed by atoms with E-state index in [1.807, 2.05) is 18.3 Å². The lowest BCUT2D eigenvalue weighted by molar-refractivity contribution is 0.199. The van der Waals surface area contributed by atoms with Crippen molar-refractivity contribution >= 4 is 23.4 Å². The van der Waals surface area contributed by atoms with E-state index >= 15 is 0 Å². The first-order valence-electron chi connectivity index (χ1n) is 6.40. The smallest absolute Gasteiger partial charge is 0.197 e. The van der Waals surface area contributed by atoms with Crippen LogP contribution in [0.25, 0.3) is 0 Å². The Morgan fingerprint density at radius 2 is 2.00 bits per heavy atom. The molecule has 2 rings (SSSR count). The highest BCUT2D eigenvalue weighted by Crippen LogP contribution is 2.24. The zero-order valence-electron chi connectivity index (χ0n) is 11.7. The second-order valence-electron chi connectivity index (χ2n) is 4.28. The third kappa shape index (κ3) is 5.18. The minimum Gasteiger partial charge on any atom is -0.383 e. The minimum atomic E-state index is 0.351. The zero-order valence-corrected chi connectivity index (χ0v) is 12.6. The summed E-state index contributed by atoms with van der Waals surface area (Å²) in [6, 6.07) is 5.44. The molecule has 0 radical (unpaired) electrons. The van der Waals surface area contributed by atoms with Gasteiger partial charge >= 0.3 is 0 Å². The lowest BCUT2D eigenvalue weighted by Gasteiger charge is -2.05. The number of hydrogen-bond donors (Lipinski definition) is 3. The fraction of sp³-hybridized carbons (Fsp3) is 0.308. The van der Waals surface area contributed by atoms with Gasteiger partial charge in [-0.15, -0.1) is 0 Å². The molecule has 0 bridgehead atoms. The Bertz CT molecular complexity index is 557. The van der Waals surface area contributed by atoms with Gasteiger partial charge in [-0.3, -0.25) is 0 Å². The number of aromatic nitrogens is 3. The number of ether oxygens (including phenoxy) is 1. The maximum atomic E-state index is 5.63. The molecule has 21 heavy (non-hydrogen) atoms. The van der Waals surface area contributed by atoms with Crippen LogP contribution in [-0.2, 0) is 11.3 Å². The van der Waals surface area contributed by atoms with Crippen molar-refractivity contribution in [1.82, 2.24) is 20.3 Å². The lowest BCUT2D eigenvalue weighted by atomic mass is 10.3. The number of nitrogen functional groups attached to an aromatic ring is 2. The predicted molar refractivity (Wildman–Crippen MR) is 82.8 cm³/mol. The van der Waals surface area contributed by atoms with Gasteiger partial charge in [0, 0.05) is 32.5 Å². The number of pyridine rings is 1. The van der Waals surface area contributed by atoms with Crippen LogP contribution in [0.4, 0.5) is 11.6 Å². The maximum absolute atomic E-state index is 5.63. The fourth-order valence-electron chi connectivity index (χ4n) is 1.58. The standard InChI is InChI=1S/C13H18N6OS/c1-20-5-4-16-7-9-2-3-12(17-8-9)21-13-18-10(14)6-11(15)19-13/h2-3,6,8,16H,4-5,7H2,1H3,(H4,14,15,18,19). The topological polar surface area (TPSA) is 112 Å². The molecule has 0 unspecified atom stereocenters. The molecule has 0 aliphatic heterocycles. The first-order valence-corrected chi connectivity index (χ1v) is 7.21. The maximum Gasteiger partial charge on any atom is 0.197 e. The number of methoxy groups -OCH3 is 1. The molecule has 2 heterocycles. The molecule has 2 aromatic rings. The molecule has 2 aromatic heterocycles. The van der Waals surface area contributed by atoms with Gasteiger partial charge in [0.1, 0.15) is 16.7 Å². The summed E-state index contributed by atoms with van der Waals surface area (Å²) < 4.78 is 4.97. The van der Waals surface area contributed by atoms with Crippen LogP contribution in [-0.4, -0.2) is 35.2 Å². The van der Waals surface area contributed by atoms with Crippen LogP contribution in [0.15, 0.2) is 34.6 Å². The van der Waals surface area contributed by atoms with Crippen LogP contribution >= 0.6 is 11.8 Å². The van der Waals surface area contributed by atoms with Crippen LogP contribution in [0.3, 0.4) is 0 Å². The van der Waals surface area contributed by atoms with Gasteiger partial charge in [0.05, 0.1) is 6.61 Å². The van der Waals surface area contributed by atoms with Gasteiger partial charge in [-0.25, -0.2) is 15.0 Å². The van der Waals surface area contributed by atoms with Crippen LogP contribution in [0.5, 0.6) is 0 Å². The van der Waals surface area contributed by atoms with Crippen LogP contribution < -0.4 is 16.8 Å². The van der Waals surface area contributed by atoms with Crippen molar-refractivity contribution in [3.63, 3.8) is 0 Å². The van der Waals surface area contributed by atoms with E-state index in [4.69, 9.17) is 16.2 Å². The second kappa shape index (κ2) is 7.77. The Balaban J connectivity index is 1.92. The van der Waals surface area contributed by atoms with E-state index in [2.05, 4.69) is 20.3 Å². The van der Waals surface area contributed by atoms with Crippen molar-refractivity contribution < 1.29 is 4.74 Å². The third-order valence-electron chi connectivity index (χ3n) is 2.55. The molecule has 0 aromatic carbocycles. The lowest BCUT2D eigenvalue weighted by Crippen LogP contribution is -2.18. The van der Waals surface area contributed by atoms with Crippen molar-refractivity contribution in [2.24, 2.45) is 0 Å². The molecular weight excluding hydrogens is 288 g/mol. The number of hydrogen-bond acceptors (Lipinski definition) is 8. The summed E-state index contributed by atoms with van der Waals surface area (Å²) >= 11 is 1.32. The number of rotatable bonds is 7. The van der Waals surface area contributed by atoms with Gasteiger partial charge in [-0.1, -0.05) is 6.07 Å². The van der Waals surface area contributed by atoms with E-state index in [1.54, 1.807) is 7.11 Å². The summed E-state index contributed by atoms with van der Waals surface area (Å²) in [6.07, 6.45) is 1.82. The van der Waals surface area contributed by atoms with E-state index in [0.29, 0.717) is 23.4 Å². The van der Waals surface area contributed by atoms with Crippen molar-refractivity contribution in [3.8, 4) is 0 Å². The molecule has 112 valence electrons. The molecule has 0 aliphatic carbocycles. The summed E-state index contributed by atoms with van der Waals surface area (Å²) in [5.41, 5.74) is 12.4. The molecule has 0 aliphatic rings. The number of nitrogens with two attached hydrogens (primary N) is 2. The first kappa shape index (κ1) is 15.5. The van der Waals surface area contributed by atoms with Gasteiger partial charge in [0.2, 0.25) is 0 Å². The average Bonchev–Trinajstić information content (AvgIpc) is 2.44. The largest absolute Gasteiger partial charge is 0.383 e. The summed E-state index contributed by atoms with van der Waals surface area (Å²) in [7, 11) is 1.68. The zero-order chi connectivity index (χ0) is 15.1. The number of nitrogens with zero attached hydrogens (tertiary/aromatic N) is 3. The Morgan fingerprint density at radius 3 is 2.62 bits per heavy atom. The highest BCUT2D eigenvalue weighted by atomic mass is 32.2. The molecular formula is C13H18N6OS. The van der Waals surface area contributed by atoms with E-state index in [9.17, 15) is 0 Å². The van der Waals surface area contributed by atoms with Crippen molar-refractivity contribution in [2.45, 2.75) is 16.7 Å². The molecule has 0 amide bonds. The van der Waals surface area contributed by atoms with E-state index in [-0.39, 0.29) is 0 Å². The molecule has 7 nitrogen and oxygen atoms in total. The Kier molecular flexibility index (Phi) is 5.73. The van der Waals surface area contributed by atoms with Gasteiger partial charge < -0.3 is 21.5 Å². The second-order valence-corrected chi connectivity index (χ2v) is 5.26. The average molecular weight is 306 g/mol. The van der Waals surface area contributed by atoms with Gasteiger partial charge in [-0.05, 0) is 23.4 Å². The molecule has 0 saturated carbocycles. The number of nitrogens with one attached hydrogen (secondary N) is 1. The van der Waals surface area contributed by atoms with Gasteiger partial charge in [-0.2, -0.15) is 0 Å². The molecule has 0 saturated heterocycles. The molecule has 0 spiro atoms. The highest BCUT2D eigenvalue weighted by molar-refractivity contribution is 7.99. The van der Waals surface area contributed by atoms with Gasteiger partial charge in [0.25, 0.3) is 0 Å². The molecule has 0 atom stereocenters. The monoisotopic (exact) mass is 306 g/mol.